The van der Waals surface area contributed by atoms with Crippen molar-refractivity contribution in [3.05, 3.63) is 66.4 Å². The van der Waals surface area contributed by atoms with Crippen molar-refractivity contribution in [1.82, 2.24) is 14.1 Å². The molecule has 1 aromatic heterocycles. The molecular formula is C21H22N4O5S. The van der Waals surface area contributed by atoms with Crippen molar-refractivity contribution in [2.45, 2.75) is 4.90 Å². The summed E-state index contributed by atoms with van der Waals surface area (Å²) in [5, 5.41) is 7.05. The molecule has 3 aromatic rings. The molecule has 0 aliphatic carbocycles. The number of benzene rings is 2. The number of para-hydroxylation sites is 1. The second-order valence-electron chi connectivity index (χ2n) is 6.81. The molecule has 1 saturated heterocycles. The lowest BCUT2D eigenvalue weighted by Crippen LogP contribution is -2.40. The van der Waals surface area contributed by atoms with Crippen LogP contribution in [0.1, 0.15) is 10.4 Å². The van der Waals surface area contributed by atoms with Gasteiger partial charge in [-0.1, -0.05) is 18.2 Å². The van der Waals surface area contributed by atoms with E-state index in [1.54, 1.807) is 16.9 Å². The highest BCUT2D eigenvalue weighted by molar-refractivity contribution is 7.89. The number of rotatable bonds is 6. The summed E-state index contributed by atoms with van der Waals surface area (Å²) in [6.07, 6.45) is 1.72. The van der Waals surface area contributed by atoms with E-state index in [1.807, 2.05) is 30.3 Å². The molecule has 31 heavy (non-hydrogen) atoms. The number of morpholine rings is 1. The van der Waals surface area contributed by atoms with Gasteiger partial charge in [0.15, 0.2) is 5.82 Å². The molecule has 1 aliphatic heterocycles. The summed E-state index contributed by atoms with van der Waals surface area (Å²) in [6, 6.07) is 15.4. The highest BCUT2D eigenvalue weighted by atomic mass is 32.2. The van der Waals surface area contributed by atoms with Crippen LogP contribution in [0.3, 0.4) is 0 Å². The Bertz CT molecular complexity index is 1170. The molecule has 9 nitrogen and oxygen atoms in total. The number of amides is 1. The van der Waals surface area contributed by atoms with Gasteiger partial charge in [-0.25, -0.2) is 13.1 Å². The van der Waals surface area contributed by atoms with Gasteiger partial charge in [-0.15, -0.1) is 0 Å². The Balaban J connectivity index is 1.59. The number of hydrogen-bond acceptors (Lipinski definition) is 6. The van der Waals surface area contributed by atoms with Crippen molar-refractivity contribution < 1.29 is 22.7 Å². The number of anilines is 1. The van der Waals surface area contributed by atoms with Gasteiger partial charge in [0.2, 0.25) is 10.0 Å². The number of ether oxygens (including phenoxy) is 2. The third-order valence-corrected chi connectivity index (χ3v) is 6.77. The van der Waals surface area contributed by atoms with Crippen LogP contribution in [0.2, 0.25) is 0 Å². The highest BCUT2D eigenvalue weighted by Gasteiger charge is 2.28. The lowest BCUT2D eigenvalue weighted by Gasteiger charge is -2.26. The quantitative estimate of drug-likeness (QED) is 0.628. The number of hydrogen-bond donors (Lipinski definition) is 1. The van der Waals surface area contributed by atoms with Crippen LogP contribution in [0, 0.1) is 0 Å². The molecule has 1 aliphatic rings. The molecule has 0 spiro atoms. The summed E-state index contributed by atoms with van der Waals surface area (Å²) in [4.78, 5) is 12.9. The first kappa shape index (κ1) is 21.0. The van der Waals surface area contributed by atoms with Crippen molar-refractivity contribution in [2.24, 2.45) is 0 Å². The molecule has 1 amide bonds. The van der Waals surface area contributed by atoms with Gasteiger partial charge in [0.05, 0.1) is 36.5 Å². The van der Waals surface area contributed by atoms with E-state index < -0.39 is 15.9 Å². The van der Waals surface area contributed by atoms with Gasteiger partial charge in [-0.2, -0.15) is 9.40 Å². The molecule has 162 valence electrons. The van der Waals surface area contributed by atoms with Gasteiger partial charge in [0, 0.05) is 25.4 Å². The van der Waals surface area contributed by atoms with Crippen molar-refractivity contribution in [3.8, 4) is 11.4 Å². The van der Waals surface area contributed by atoms with E-state index in [1.165, 1.54) is 29.6 Å². The van der Waals surface area contributed by atoms with Gasteiger partial charge in [0.25, 0.3) is 5.91 Å². The second kappa shape index (κ2) is 8.88. The predicted octanol–water partition coefficient (Wildman–Crippen LogP) is 2.15. The van der Waals surface area contributed by atoms with Crippen LogP contribution in [-0.2, 0) is 14.8 Å². The minimum atomic E-state index is -3.75. The van der Waals surface area contributed by atoms with Crippen LogP contribution in [0.15, 0.2) is 65.7 Å². The normalized spacial score (nSPS) is 14.9. The Morgan fingerprint density at radius 3 is 2.55 bits per heavy atom. The number of carbonyl (C=O) groups excluding carboxylic acids is 1. The number of carbonyl (C=O) groups is 1. The zero-order valence-corrected chi connectivity index (χ0v) is 17.7. The zero-order valence-electron chi connectivity index (χ0n) is 16.9. The van der Waals surface area contributed by atoms with Crippen LogP contribution in [0.5, 0.6) is 5.75 Å². The summed E-state index contributed by atoms with van der Waals surface area (Å²) in [5.41, 5.74) is 0.949. The predicted molar refractivity (Wildman–Crippen MR) is 114 cm³/mol. The van der Waals surface area contributed by atoms with E-state index in [4.69, 9.17) is 9.47 Å². The molecule has 0 unspecified atom stereocenters. The Kier molecular flexibility index (Phi) is 6.03. The molecule has 2 heterocycles. The second-order valence-corrected chi connectivity index (χ2v) is 8.75. The molecule has 10 heteroatoms. The van der Waals surface area contributed by atoms with Crippen LogP contribution in [-0.4, -0.2) is 61.8 Å². The van der Waals surface area contributed by atoms with Crippen LogP contribution in [0.25, 0.3) is 5.69 Å². The van der Waals surface area contributed by atoms with Crippen molar-refractivity contribution in [1.29, 1.82) is 0 Å². The van der Waals surface area contributed by atoms with E-state index in [-0.39, 0.29) is 29.3 Å². The minimum absolute atomic E-state index is 0.0233. The van der Waals surface area contributed by atoms with E-state index in [2.05, 4.69) is 10.4 Å². The Morgan fingerprint density at radius 1 is 1.10 bits per heavy atom. The first-order valence-corrected chi connectivity index (χ1v) is 11.1. The van der Waals surface area contributed by atoms with Gasteiger partial charge in [0.1, 0.15) is 5.75 Å². The summed E-state index contributed by atoms with van der Waals surface area (Å²) in [7, 11) is -2.33. The fraction of sp³-hybridized carbons (Fsp3) is 0.238. The lowest BCUT2D eigenvalue weighted by atomic mass is 10.2. The van der Waals surface area contributed by atoms with E-state index in [9.17, 15) is 13.2 Å². The molecular weight excluding hydrogens is 420 g/mol. The average Bonchev–Trinajstić information content (AvgIpc) is 3.28. The number of nitrogens with one attached hydrogen (secondary N) is 1. The first-order chi connectivity index (χ1) is 15.0. The number of sulfonamides is 1. The fourth-order valence-corrected chi connectivity index (χ4v) is 4.69. The van der Waals surface area contributed by atoms with Crippen LogP contribution in [0.4, 0.5) is 5.82 Å². The number of methoxy groups -OCH3 is 1. The van der Waals surface area contributed by atoms with E-state index >= 15 is 0 Å². The van der Waals surface area contributed by atoms with Crippen molar-refractivity contribution in [2.75, 3.05) is 38.7 Å². The van der Waals surface area contributed by atoms with Crippen LogP contribution >= 0.6 is 0 Å². The van der Waals surface area contributed by atoms with Gasteiger partial charge < -0.3 is 14.8 Å². The molecule has 1 N–H and O–H groups in total. The summed E-state index contributed by atoms with van der Waals surface area (Å²) < 4.78 is 39.4. The molecule has 1 fully saturated rings. The van der Waals surface area contributed by atoms with Gasteiger partial charge in [-0.3, -0.25) is 4.79 Å². The lowest BCUT2D eigenvalue weighted by molar-refractivity contribution is 0.0730. The molecule has 0 saturated carbocycles. The third kappa shape index (κ3) is 4.46. The Morgan fingerprint density at radius 2 is 1.84 bits per heavy atom. The maximum absolute atomic E-state index is 13.0. The summed E-state index contributed by atoms with van der Waals surface area (Å²) in [6.45, 7) is 1.22. The SMILES string of the molecule is COc1ccc(S(=O)(=O)N2CCOCC2)cc1C(=O)Nc1ccn(-c2ccccc2)n1. The first-order valence-electron chi connectivity index (χ1n) is 9.67. The summed E-state index contributed by atoms with van der Waals surface area (Å²) >= 11 is 0. The topological polar surface area (TPSA) is 103 Å². The van der Waals surface area contributed by atoms with Gasteiger partial charge >= 0.3 is 0 Å². The minimum Gasteiger partial charge on any atom is -0.496 e. The summed E-state index contributed by atoms with van der Waals surface area (Å²) in [5.74, 6) is 0.0763. The molecule has 0 atom stereocenters. The van der Waals surface area contributed by atoms with Crippen LogP contribution < -0.4 is 10.1 Å². The molecule has 2 aromatic carbocycles. The van der Waals surface area contributed by atoms with E-state index in [0.717, 1.165) is 5.69 Å². The largest absolute Gasteiger partial charge is 0.496 e. The smallest absolute Gasteiger partial charge is 0.260 e. The van der Waals surface area contributed by atoms with E-state index in [0.29, 0.717) is 19.0 Å². The van der Waals surface area contributed by atoms with Crippen molar-refractivity contribution in [3.63, 3.8) is 0 Å². The average molecular weight is 442 g/mol. The number of nitrogens with zero attached hydrogens (tertiary/aromatic N) is 3. The Labute approximate surface area is 180 Å². The third-order valence-electron chi connectivity index (χ3n) is 4.87. The Hall–Kier alpha value is -3.21. The number of aromatic nitrogens is 2. The monoisotopic (exact) mass is 442 g/mol. The highest BCUT2D eigenvalue weighted by Crippen LogP contribution is 2.26. The fourth-order valence-electron chi connectivity index (χ4n) is 3.26. The maximum Gasteiger partial charge on any atom is 0.260 e. The van der Waals surface area contributed by atoms with Gasteiger partial charge in [-0.05, 0) is 30.3 Å². The maximum atomic E-state index is 13.0. The molecule has 0 bridgehead atoms. The standard InChI is InChI=1S/C21H22N4O5S/c1-29-19-8-7-17(31(27,28)24-11-13-30-14-12-24)15-18(19)21(26)22-20-9-10-25(23-20)16-5-3-2-4-6-16/h2-10,15H,11-14H2,1H3,(H,22,23,26). The zero-order chi connectivity index (χ0) is 21.8. The molecule has 4 rings (SSSR count). The molecule has 0 radical (unpaired) electrons. The van der Waals surface area contributed by atoms with Crippen molar-refractivity contribution >= 4 is 21.7 Å².